The van der Waals surface area contributed by atoms with Crippen molar-refractivity contribution >= 4 is 11.9 Å². The Labute approximate surface area is 173 Å². The molecule has 2 rings (SSSR count). The highest BCUT2D eigenvalue weighted by molar-refractivity contribution is 5.86. The van der Waals surface area contributed by atoms with E-state index in [1.54, 1.807) is 26.1 Å². The number of benzene rings is 1. The minimum atomic E-state index is -0.00900. The monoisotopic (exact) mass is 400 g/mol. The molecular formula is C21H32N6O2. The fourth-order valence-corrected chi connectivity index (χ4v) is 2.79. The van der Waals surface area contributed by atoms with Crippen molar-refractivity contribution < 1.29 is 9.53 Å². The van der Waals surface area contributed by atoms with Crippen molar-refractivity contribution in [1.82, 2.24) is 25.3 Å². The maximum Gasteiger partial charge on any atom is 0.241 e. The summed E-state index contributed by atoms with van der Waals surface area (Å²) in [5.74, 6) is 1.45. The summed E-state index contributed by atoms with van der Waals surface area (Å²) in [6.07, 6.45) is 3.68. The molecule has 0 spiro atoms. The summed E-state index contributed by atoms with van der Waals surface area (Å²) >= 11 is 0. The molecule has 1 heterocycles. The SMILES string of the molecule is CCc1nn(C)cc1CN=C(NCCc1ccc(OC)cc1)NCC(=O)N(C)C. The number of nitrogens with zero attached hydrogens (tertiary/aromatic N) is 4. The highest BCUT2D eigenvalue weighted by atomic mass is 16.5. The van der Waals surface area contributed by atoms with E-state index < -0.39 is 0 Å². The van der Waals surface area contributed by atoms with Crippen LogP contribution in [0.2, 0.25) is 0 Å². The Balaban J connectivity index is 1.99. The van der Waals surface area contributed by atoms with Crippen LogP contribution in [-0.2, 0) is 31.2 Å². The number of hydrogen-bond acceptors (Lipinski definition) is 4. The van der Waals surface area contributed by atoms with Gasteiger partial charge in [-0.25, -0.2) is 4.99 Å². The second-order valence-electron chi connectivity index (χ2n) is 6.96. The van der Waals surface area contributed by atoms with Gasteiger partial charge in [-0.2, -0.15) is 5.10 Å². The lowest BCUT2D eigenvalue weighted by Gasteiger charge is -2.15. The molecule has 158 valence electrons. The van der Waals surface area contributed by atoms with E-state index in [1.165, 1.54) is 5.56 Å². The van der Waals surface area contributed by atoms with Crippen LogP contribution in [0.5, 0.6) is 5.75 Å². The quantitative estimate of drug-likeness (QED) is 0.490. The first-order chi connectivity index (χ1) is 13.9. The van der Waals surface area contributed by atoms with Gasteiger partial charge in [0.1, 0.15) is 5.75 Å². The Morgan fingerprint density at radius 1 is 1.24 bits per heavy atom. The normalized spacial score (nSPS) is 11.3. The van der Waals surface area contributed by atoms with Crippen LogP contribution in [0.1, 0.15) is 23.7 Å². The van der Waals surface area contributed by atoms with E-state index >= 15 is 0 Å². The molecule has 1 aromatic carbocycles. The Hall–Kier alpha value is -3.03. The minimum absolute atomic E-state index is 0.00900. The van der Waals surface area contributed by atoms with Gasteiger partial charge in [-0.3, -0.25) is 9.48 Å². The average molecular weight is 401 g/mol. The molecule has 0 aliphatic rings. The minimum Gasteiger partial charge on any atom is -0.497 e. The third-order valence-corrected chi connectivity index (χ3v) is 4.51. The van der Waals surface area contributed by atoms with E-state index in [-0.39, 0.29) is 12.5 Å². The summed E-state index contributed by atoms with van der Waals surface area (Å²) in [5.41, 5.74) is 3.32. The lowest BCUT2D eigenvalue weighted by Crippen LogP contribution is -2.43. The summed E-state index contributed by atoms with van der Waals surface area (Å²) in [4.78, 5) is 18.1. The molecule has 29 heavy (non-hydrogen) atoms. The molecule has 0 radical (unpaired) electrons. The van der Waals surface area contributed by atoms with Crippen molar-refractivity contribution in [2.24, 2.45) is 12.0 Å². The number of ether oxygens (including phenoxy) is 1. The van der Waals surface area contributed by atoms with Crippen LogP contribution in [0, 0.1) is 0 Å². The number of aromatic nitrogens is 2. The maximum absolute atomic E-state index is 11.9. The van der Waals surface area contributed by atoms with Gasteiger partial charge in [-0.05, 0) is 30.5 Å². The first-order valence-corrected chi connectivity index (χ1v) is 9.79. The number of aryl methyl sites for hydroxylation is 2. The summed E-state index contributed by atoms with van der Waals surface area (Å²) in [5, 5.41) is 10.9. The van der Waals surface area contributed by atoms with Crippen LogP contribution >= 0.6 is 0 Å². The smallest absolute Gasteiger partial charge is 0.241 e. The number of amides is 1. The second-order valence-corrected chi connectivity index (χ2v) is 6.96. The van der Waals surface area contributed by atoms with Gasteiger partial charge in [-0.1, -0.05) is 19.1 Å². The number of hydrogen-bond donors (Lipinski definition) is 2. The first-order valence-electron chi connectivity index (χ1n) is 9.79. The molecule has 0 saturated carbocycles. The molecular weight excluding hydrogens is 368 g/mol. The fraction of sp³-hybridized carbons (Fsp3) is 0.476. The fourth-order valence-electron chi connectivity index (χ4n) is 2.79. The summed E-state index contributed by atoms with van der Waals surface area (Å²) in [7, 11) is 7.04. The van der Waals surface area contributed by atoms with Gasteiger partial charge in [-0.15, -0.1) is 0 Å². The van der Waals surface area contributed by atoms with Gasteiger partial charge in [0.05, 0.1) is 25.9 Å². The largest absolute Gasteiger partial charge is 0.497 e. The summed E-state index contributed by atoms with van der Waals surface area (Å²) < 4.78 is 7.00. The second kappa shape index (κ2) is 11.1. The van der Waals surface area contributed by atoms with E-state index in [0.717, 1.165) is 29.8 Å². The molecule has 0 aliphatic heterocycles. The molecule has 0 saturated heterocycles. The van der Waals surface area contributed by atoms with Crippen molar-refractivity contribution in [2.45, 2.75) is 26.3 Å². The number of aliphatic imine (C=N–C) groups is 1. The van der Waals surface area contributed by atoms with Crippen molar-refractivity contribution in [2.75, 3.05) is 34.3 Å². The van der Waals surface area contributed by atoms with Crippen molar-refractivity contribution in [3.05, 3.63) is 47.3 Å². The topological polar surface area (TPSA) is 83.8 Å². The molecule has 1 aromatic heterocycles. The van der Waals surface area contributed by atoms with E-state index in [2.05, 4.69) is 27.6 Å². The van der Waals surface area contributed by atoms with Crippen LogP contribution in [0.25, 0.3) is 0 Å². The van der Waals surface area contributed by atoms with Gasteiger partial charge in [0.15, 0.2) is 5.96 Å². The zero-order valence-corrected chi connectivity index (χ0v) is 18.0. The molecule has 0 unspecified atom stereocenters. The van der Waals surface area contributed by atoms with Crippen LogP contribution in [-0.4, -0.2) is 60.8 Å². The molecule has 1 amide bonds. The lowest BCUT2D eigenvalue weighted by atomic mass is 10.1. The Bertz CT molecular complexity index is 811. The highest BCUT2D eigenvalue weighted by Crippen LogP contribution is 2.11. The zero-order chi connectivity index (χ0) is 21.2. The van der Waals surface area contributed by atoms with Gasteiger partial charge in [0, 0.05) is 39.4 Å². The molecule has 2 aromatic rings. The van der Waals surface area contributed by atoms with E-state index in [0.29, 0.717) is 19.0 Å². The summed E-state index contributed by atoms with van der Waals surface area (Å²) in [6.45, 7) is 3.47. The number of likely N-dealkylation sites (N-methyl/N-ethyl adjacent to an activating group) is 1. The summed E-state index contributed by atoms with van der Waals surface area (Å²) in [6, 6.07) is 7.99. The molecule has 2 N–H and O–H groups in total. The van der Waals surface area contributed by atoms with Crippen molar-refractivity contribution in [3.63, 3.8) is 0 Å². The molecule has 0 fully saturated rings. The van der Waals surface area contributed by atoms with Crippen molar-refractivity contribution in [3.8, 4) is 5.75 Å². The predicted octanol–water partition coefficient (Wildman–Crippen LogP) is 1.36. The number of carbonyl (C=O) groups is 1. The van der Waals surface area contributed by atoms with Gasteiger partial charge < -0.3 is 20.3 Å². The number of rotatable bonds is 9. The van der Waals surface area contributed by atoms with Crippen LogP contribution in [0.15, 0.2) is 35.5 Å². The van der Waals surface area contributed by atoms with Crippen LogP contribution in [0.3, 0.4) is 0 Å². The van der Waals surface area contributed by atoms with Gasteiger partial charge >= 0.3 is 0 Å². The third-order valence-electron chi connectivity index (χ3n) is 4.51. The lowest BCUT2D eigenvalue weighted by molar-refractivity contribution is -0.127. The van der Waals surface area contributed by atoms with Crippen molar-refractivity contribution in [1.29, 1.82) is 0 Å². The number of methoxy groups -OCH3 is 1. The average Bonchev–Trinajstić information content (AvgIpc) is 3.09. The van der Waals surface area contributed by atoms with Crippen LogP contribution in [0.4, 0.5) is 0 Å². The van der Waals surface area contributed by atoms with Gasteiger partial charge in [0.2, 0.25) is 5.91 Å². The van der Waals surface area contributed by atoms with Gasteiger partial charge in [0.25, 0.3) is 0 Å². The standard InChI is InChI=1S/C21H32N6O2/c1-6-19-17(15-27(4)25-19)13-23-21(24-14-20(28)26(2)3)22-12-11-16-7-9-18(29-5)10-8-16/h7-10,15H,6,11-14H2,1-5H3,(H2,22,23,24). The number of nitrogens with one attached hydrogen (secondary N) is 2. The Kier molecular flexibility index (Phi) is 8.51. The van der Waals surface area contributed by atoms with Crippen LogP contribution < -0.4 is 15.4 Å². The molecule has 8 heteroatoms. The Morgan fingerprint density at radius 2 is 1.97 bits per heavy atom. The van der Waals surface area contributed by atoms with E-state index in [1.807, 2.05) is 42.2 Å². The molecule has 8 nitrogen and oxygen atoms in total. The predicted molar refractivity (Wildman–Crippen MR) is 115 cm³/mol. The zero-order valence-electron chi connectivity index (χ0n) is 18.0. The highest BCUT2D eigenvalue weighted by Gasteiger charge is 2.08. The first kappa shape index (κ1) is 22.3. The Morgan fingerprint density at radius 3 is 2.59 bits per heavy atom. The van der Waals surface area contributed by atoms with E-state index in [4.69, 9.17) is 4.74 Å². The third kappa shape index (κ3) is 7.14. The molecule has 0 bridgehead atoms. The maximum atomic E-state index is 11.9. The van der Waals surface area contributed by atoms with E-state index in [9.17, 15) is 4.79 Å². The molecule has 0 atom stereocenters. The number of guanidine groups is 1. The molecule has 0 aliphatic carbocycles. The number of carbonyl (C=O) groups excluding carboxylic acids is 1.